The lowest BCUT2D eigenvalue weighted by molar-refractivity contribution is 0.0150. The molecule has 4 atom stereocenters. The second kappa shape index (κ2) is 2.21. The molecule has 2 aliphatic carbocycles. The maximum absolute atomic E-state index is 10.0. The van der Waals surface area contributed by atoms with Crippen molar-refractivity contribution >= 4 is 12.6 Å². The molecule has 1 nitrogen and oxygen atoms in total. The number of fused-ring (bicyclic) bond motifs is 2. The summed E-state index contributed by atoms with van der Waals surface area (Å²) in [6.45, 7) is 6.78. The molecule has 0 spiro atoms. The zero-order valence-electron chi connectivity index (χ0n) is 8.04. The Bertz CT molecular complexity index is 214. The molecule has 0 aromatic rings. The lowest BCUT2D eigenvalue weighted by Gasteiger charge is -2.36. The Kier molecular flexibility index (Phi) is 1.64. The first kappa shape index (κ1) is 8.89. The highest BCUT2D eigenvalue weighted by atomic mass is 32.1. The highest BCUT2D eigenvalue weighted by Gasteiger charge is 2.64. The maximum Gasteiger partial charge on any atom is 0.0717 e. The fraction of sp³-hybridized carbons (Fsp3) is 1.00. The summed E-state index contributed by atoms with van der Waals surface area (Å²) < 4.78 is 0. The van der Waals surface area contributed by atoms with Gasteiger partial charge in [0.1, 0.15) is 0 Å². The molecule has 1 N–H and O–H groups in total. The number of aliphatic hydroxyl groups is 1. The van der Waals surface area contributed by atoms with Crippen molar-refractivity contribution in [3.63, 3.8) is 0 Å². The number of hydrogen-bond acceptors (Lipinski definition) is 2. The minimum atomic E-state index is -0.199. The van der Waals surface area contributed by atoms with Crippen LogP contribution in [0.1, 0.15) is 33.6 Å². The van der Waals surface area contributed by atoms with Gasteiger partial charge in [0, 0.05) is 5.25 Å². The van der Waals surface area contributed by atoms with E-state index in [1.807, 2.05) is 0 Å². The molecule has 2 fully saturated rings. The van der Waals surface area contributed by atoms with Crippen molar-refractivity contribution in [1.29, 1.82) is 0 Å². The minimum Gasteiger partial charge on any atom is -0.391 e. The summed E-state index contributed by atoms with van der Waals surface area (Å²) in [4.78, 5) is 0. The van der Waals surface area contributed by atoms with Gasteiger partial charge in [-0.2, -0.15) is 12.6 Å². The van der Waals surface area contributed by atoms with Crippen LogP contribution in [0.15, 0.2) is 0 Å². The Balaban J connectivity index is 2.44. The van der Waals surface area contributed by atoms with Crippen LogP contribution < -0.4 is 0 Å². The van der Waals surface area contributed by atoms with Gasteiger partial charge in [0.05, 0.1) is 6.10 Å². The van der Waals surface area contributed by atoms with Crippen LogP contribution in [0.4, 0.5) is 0 Å². The summed E-state index contributed by atoms with van der Waals surface area (Å²) in [6, 6.07) is 0. The number of hydrogen-bond donors (Lipinski definition) is 2. The van der Waals surface area contributed by atoms with Crippen LogP contribution in [0.5, 0.6) is 0 Å². The maximum atomic E-state index is 10.0. The van der Waals surface area contributed by atoms with Crippen LogP contribution in [0.3, 0.4) is 0 Å². The molecule has 0 aromatic carbocycles. The van der Waals surface area contributed by atoms with E-state index < -0.39 is 0 Å². The Labute approximate surface area is 80.0 Å². The molecule has 12 heavy (non-hydrogen) atoms. The molecule has 0 saturated heterocycles. The van der Waals surface area contributed by atoms with E-state index in [1.54, 1.807) is 0 Å². The molecular weight excluding hydrogens is 168 g/mol. The van der Waals surface area contributed by atoms with Crippen molar-refractivity contribution in [3.05, 3.63) is 0 Å². The van der Waals surface area contributed by atoms with Crippen molar-refractivity contribution in [2.24, 2.45) is 16.7 Å². The lowest BCUT2D eigenvalue weighted by atomic mass is 9.70. The quantitative estimate of drug-likeness (QED) is 0.555. The molecule has 2 saturated carbocycles. The number of aliphatic hydroxyl groups excluding tert-OH is 1. The average Bonchev–Trinajstić information content (AvgIpc) is 2.26. The van der Waals surface area contributed by atoms with Crippen LogP contribution in [-0.4, -0.2) is 16.5 Å². The van der Waals surface area contributed by atoms with E-state index >= 15 is 0 Å². The van der Waals surface area contributed by atoms with Crippen LogP contribution in [0, 0.1) is 16.7 Å². The highest BCUT2D eigenvalue weighted by molar-refractivity contribution is 7.81. The SMILES string of the molecule is CC1(C)[C@@H]2CC[C@@]1(C)[C@@H](O)[C@H]2S. The third-order valence-electron chi connectivity index (χ3n) is 4.76. The van der Waals surface area contributed by atoms with E-state index in [1.165, 1.54) is 12.8 Å². The fourth-order valence-electron chi connectivity index (χ4n) is 3.29. The third-order valence-corrected chi connectivity index (χ3v) is 5.40. The summed E-state index contributed by atoms with van der Waals surface area (Å²) in [5.74, 6) is 0.612. The van der Waals surface area contributed by atoms with E-state index in [9.17, 15) is 5.11 Å². The Morgan fingerprint density at radius 3 is 2.17 bits per heavy atom. The molecule has 70 valence electrons. The van der Waals surface area contributed by atoms with Gasteiger partial charge in [-0.25, -0.2) is 0 Å². The first-order chi connectivity index (χ1) is 5.41. The van der Waals surface area contributed by atoms with E-state index in [0.29, 0.717) is 5.92 Å². The van der Waals surface area contributed by atoms with Crippen molar-refractivity contribution in [2.75, 3.05) is 0 Å². The first-order valence-corrected chi connectivity index (χ1v) is 5.29. The lowest BCUT2D eigenvalue weighted by Crippen LogP contribution is -2.37. The molecule has 2 heteroatoms. The van der Waals surface area contributed by atoms with Gasteiger partial charge in [-0.05, 0) is 29.6 Å². The number of rotatable bonds is 0. The Morgan fingerprint density at radius 2 is 1.92 bits per heavy atom. The zero-order chi connectivity index (χ0) is 9.15. The standard InChI is InChI=1S/C10H18OS/c1-9(2)6-4-5-10(9,3)8(11)7(6)12/h6-8,11-12H,4-5H2,1-3H3/t6-,7+,8+,10+/m1/s1. The van der Waals surface area contributed by atoms with Crippen molar-refractivity contribution in [3.8, 4) is 0 Å². The van der Waals surface area contributed by atoms with Gasteiger partial charge in [-0.15, -0.1) is 0 Å². The second-order valence-electron chi connectivity index (χ2n) is 5.22. The summed E-state index contributed by atoms with van der Waals surface area (Å²) in [5, 5.41) is 10.2. The molecule has 0 amide bonds. The fourth-order valence-corrected chi connectivity index (χ4v) is 4.14. The van der Waals surface area contributed by atoms with Gasteiger partial charge in [0.25, 0.3) is 0 Å². The second-order valence-corrected chi connectivity index (χ2v) is 5.82. The molecule has 0 aliphatic heterocycles. The van der Waals surface area contributed by atoms with Crippen LogP contribution in [0.2, 0.25) is 0 Å². The first-order valence-electron chi connectivity index (χ1n) is 4.77. The molecule has 2 aliphatic rings. The summed E-state index contributed by atoms with van der Waals surface area (Å²) in [7, 11) is 0. The van der Waals surface area contributed by atoms with E-state index in [4.69, 9.17) is 0 Å². The van der Waals surface area contributed by atoms with Gasteiger partial charge >= 0.3 is 0 Å². The Morgan fingerprint density at radius 1 is 1.33 bits per heavy atom. The molecule has 2 bridgehead atoms. The van der Waals surface area contributed by atoms with E-state index in [2.05, 4.69) is 33.4 Å². The summed E-state index contributed by atoms with van der Waals surface area (Å²) in [5.41, 5.74) is 0.392. The number of thiol groups is 1. The molecule has 0 heterocycles. The van der Waals surface area contributed by atoms with Gasteiger partial charge in [-0.1, -0.05) is 20.8 Å². The predicted octanol–water partition coefficient (Wildman–Crippen LogP) is 2.10. The molecule has 0 radical (unpaired) electrons. The van der Waals surface area contributed by atoms with E-state index in [0.717, 1.165) is 0 Å². The molecule has 0 unspecified atom stereocenters. The van der Waals surface area contributed by atoms with Crippen LogP contribution >= 0.6 is 12.6 Å². The highest BCUT2D eigenvalue weighted by Crippen LogP contribution is 2.66. The van der Waals surface area contributed by atoms with Crippen LogP contribution in [-0.2, 0) is 0 Å². The molecule has 0 aromatic heterocycles. The molecular formula is C10H18OS. The molecule has 2 rings (SSSR count). The normalized spacial score (nSPS) is 56.2. The minimum absolute atomic E-state index is 0.115. The summed E-state index contributed by atoms with van der Waals surface area (Å²) >= 11 is 4.51. The topological polar surface area (TPSA) is 20.2 Å². The van der Waals surface area contributed by atoms with Gasteiger partial charge in [0.2, 0.25) is 0 Å². The van der Waals surface area contributed by atoms with Crippen molar-refractivity contribution in [1.82, 2.24) is 0 Å². The Hall–Kier alpha value is 0.310. The predicted molar refractivity (Wildman–Crippen MR) is 53.4 cm³/mol. The van der Waals surface area contributed by atoms with Gasteiger partial charge < -0.3 is 5.11 Å². The monoisotopic (exact) mass is 186 g/mol. The van der Waals surface area contributed by atoms with E-state index in [-0.39, 0.29) is 22.2 Å². The smallest absolute Gasteiger partial charge is 0.0717 e. The largest absolute Gasteiger partial charge is 0.391 e. The van der Waals surface area contributed by atoms with Gasteiger partial charge in [0.15, 0.2) is 0 Å². The van der Waals surface area contributed by atoms with Crippen LogP contribution in [0.25, 0.3) is 0 Å². The van der Waals surface area contributed by atoms with Crippen molar-refractivity contribution in [2.45, 2.75) is 45.0 Å². The van der Waals surface area contributed by atoms with Gasteiger partial charge in [-0.3, -0.25) is 0 Å². The van der Waals surface area contributed by atoms with Crippen molar-refractivity contribution < 1.29 is 5.11 Å². The zero-order valence-corrected chi connectivity index (χ0v) is 8.94. The average molecular weight is 186 g/mol. The summed E-state index contributed by atoms with van der Waals surface area (Å²) in [6.07, 6.45) is 2.21. The third kappa shape index (κ3) is 0.717.